The Kier molecular flexibility index (Phi) is 3.81. The minimum Gasteiger partial charge on any atom is -0.171 e. The molecule has 0 unspecified atom stereocenters. The Morgan fingerprint density at radius 3 is 2.00 bits per heavy atom. The molecular weight excluding hydrogens is 165 g/mol. The first-order valence-corrected chi connectivity index (χ1v) is 3.99. The zero-order valence-corrected chi connectivity index (χ0v) is 7.70. The van der Waals surface area contributed by atoms with E-state index >= 15 is 0 Å². The van der Waals surface area contributed by atoms with Gasteiger partial charge in [-0.25, -0.2) is 0 Å². The third kappa shape index (κ3) is 3.28. The quantitative estimate of drug-likeness (QED) is 0.577. The number of alkyl halides is 3. The molecule has 72 valence electrons. The molecule has 0 aliphatic carbocycles. The summed E-state index contributed by atoms with van der Waals surface area (Å²) in [6, 6.07) is 0. The Hall–Kier alpha value is -0.470. The highest BCUT2D eigenvalue weighted by Crippen LogP contribution is 2.40. The molecule has 0 N–H and O–H groups in total. The fourth-order valence-corrected chi connectivity index (χ4v) is 0.753. The number of hydrogen-bond acceptors (Lipinski definition) is 0. The molecule has 0 fully saturated rings. The van der Waals surface area contributed by atoms with Crippen molar-refractivity contribution in [1.29, 1.82) is 0 Å². The average Bonchev–Trinajstić information content (AvgIpc) is 1.85. The molecule has 0 amide bonds. The van der Waals surface area contributed by atoms with E-state index in [0.29, 0.717) is 6.42 Å². The molecule has 0 bridgehead atoms. The van der Waals surface area contributed by atoms with Crippen molar-refractivity contribution >= 4 is 0 Å². The lowest BCUT2D eigenvalue weighted by Gasteiger charge is -2.26. The van der Waals surface area contributed by atoms with Crippen molar-refractivity contribution in [1.82, 2.24) is 0 Å². The van der Waals surface area contributed by atoms with Gasteiger partial charge >= 0.3 is 6.18 Å². The van der Waals surface area contributed by atoms with Gasteiger partial charge in [-0.1, -0.05) is 26.0 Å². The van der Waals surface area contributed by atoms with Crippen LogP contribution in [0.1, 0.15) is 33.6 Å². The van der Waals surface area contributed by atoms with Gasteiger partial charge in [0.05, 0.1) is 5.41 Å². The van der Waals surface area contributed by atoms with Crippen LogP contribution in [0, 0.1) is 5.41 Å². The van der Waals surface area contributed by atoms with Gasteiger partial charge < -0.3 is 0 Å². The third-order valence-corrected chi connectivity index (χ3v) is 1.94. The zero-order valence-electron chi connectivity index (χ0n) is 7.70. The summed E-state index contributed by atoms with van der Waals surface area (Å²) in [5.74, 6) is 0. The van der Waals surface area contributed by atoms with Crippen LogP contribution >= 0.6 is 0 Å². The summed E-state index contributed by atoms with van der Waals surface area (Å²) < 4.78 is 36.7. The second-order valence-electron chi connectivity index (χ2n) is 3.49. The van der Waals surface area contributed by atoms with Crippen molar-refractivity contribution in [3.05, 3.63) is 12.2 Å². The summed E-state index contributed by atoms with van der Waals surface area (Å²) in [7, 11) is 0. The van der Waals surface area contributed by atoms with Crippen molar-refractivity contribution in [3.63, 3.8) is 0 Å². The minimum atomic E-state index is -4.09. The summed E-state index contributed by atoms with van der Waals surface area (Å²) in [6.07, 6.45) is 0.0817. The standard InChI is InChI=1S/C9H15F3/c1-4-5-6-7-8(2,3)9(10,11)12/h4-5H,6-7H2,1-3H3/b5-4+. The Morgan fingerprint density at radius 2 is 1.67 bits per heavy atom. The Morgan fingerprint density at radius 1 is 1.17 bits per heavy atom. The van der Waals surface area contributed by atoms with Gasteiger partial charge in [-0.15, -0.1) is 0 Å². The smallest absolute Gasteiger partial charge is 0.171 e. The monoisotopic (exact) mass is 180 g/mol. The van der Waals surface area contributed by atoms with Crippen LogP contribution in [0.2, 0.25) is 0 Å². The molecule has 0 rings (SSSR count). The van der Waals surface area contributed by atoms with Gasteiger partial charge in [0.15, 0.2) is 0 Å². The second-order valence-corrected chi connectivity index (χ2v) is 3.49. The molecular formula is C9H15F3. The molecule has 0 radical (unpaired) electrons. The number of hydrogen-bond donors (Lipinski definition) is 0. The molecule has 3 heteroatoms. The molecule has 0 nitrogen and oxygen atoms in total. The topological polar surface area (TPSA) is 0 Å². The van der Waals surface area contributed by atoms with Crippen molar-refractivity contribution in [2.45, 2.75) is 39.8 Å². The molecule has 0 atom stereocenters. The molecule has 0 aliphatic heterocycles. The zero-order chi connectivity index (χ0) is 9.83. The van der Waals surface area contributed by atoms with Crippen LogP contribution < -0.4 is 0 Å². The van der Waals surface area contributed by atoms with Crippen LogP contribution in [0.5, 0.6) is 0 Å². The summed E-state index contributed by atoms with van der Waals surface area (Å²) in [5.41, 5.74) is -1.56. The summed E-state index contributed by atoms with van der Waals surface area (Å²) >= 11 is 0. The molecule has 0 aromatic heterocycles. The van der Waals surface area contributed by atoms with E-state index in [0.717, 1.165) is 0 Å². The lowest BCUT2D eigenvalue weighted by Crippen LogP contribution is -2.31. The highest BCUT2D eigenvalue weighted by molar-refractivity contribution is 4.83. The van der Waals surface area contributed by atoms with Gasteiger partial charge in [0.25, 0.3) is 0 Å². The van der Waals surface area contributed by atoms with Crippen LogP contribution in [0.3, 0.4) is 0 Å². The maximum atomic E-state index is 12.2. The number of rotatable bonds is 3. The van der Waals surface area contributed by atoms with Crippen LogP contribution in [0.15, 0.2) is 12.2 Å². The van der Waals surface area contributed by atoms with Crippen LogP contribution in [0.25, 0.3) is 0 Å². The first-order valence-electron chi connectivity index (χ1n) is 3.99. The predicted molar refractivity (Wildman–Crippen MR) is 43.9 cm³/mol. The maximum Gasteiger partial charge on any atom is 0.393 e. The van der Waals surface area contributed by atoms with Gasteiger partial charge in [0.1, 0.15) is 0 Å². The number of halogens is 3. The van der Waals surface area contributed by atoms with E-state index in [2.05, 4.69) is 0 Å². The number of allylic oxidation sites excluding steroid dienone is 2. The van der Waals surface area contributed by atoms with E-state index in [1.54, 1.807) is 19.1 Å². The van der Waals surface area contributed by atoms with E-state index in [-0.39, 0.29) is 6.42 Å². The first-order chi connectivity index (χ1) is 5.31. The van der Waals surface area contributed by atoms with Crippen molar-refractivity contribution in [2.24, 2.45) is 5.41 Å². The van der Waals surface area contributed by atoms with Crippen LogP contribution in [-0.2, 0) is 0 Å². The van der Waals surface area contributed by atoms with E-state index < -0.39 is 11.6 Å². The van der Waals surface area contributed by atoms with Gasteiger partial charge in [0, 0.05) is 0 Å². The van der Waals surface area contributed by atoms with Gasteiger partial charge in [0.2, 0.25) is 0 Å². The summed E-state index contributed by atoms with van der Waals surface area (Å²) in [6.45, 7) is 4.27. The van der Waals surface area contributed by atoms with Gasteiger partial charge in [-0.3, -0.25) is 0 Å². The molecule has 0 saturated carbocycles. The molecule has 0 aromatic rings. The molecule has 0 aliphatic rings. The Balaban J connectivity index is 4.05. The fraction of sp³-hybridized carbons (Fsp3) is 0.778. The molecule has 0 heterocycles. The molecule has 0 saturated heterocycles. The SMILES string of the molecule is C/C=C/CCC(C)(C)C(F)(F)F. The summed E-state index contributed by atoms with van der Waals surface area (Å²) in [4.78, 5) is 0. The van der Waals surface area contributed by atoms with E-state index in [1.807, 2.05) is 0 Å². The van der Waals surface area contributed by atoms with Crippen LogP contribution in [-0.4, -0.2) is 6.18 Å². The average molecular weight is 180 g/mol. The highest BCUT2D eigenvalue weighted by Gasteiger charge is 2.46. The lowest BCUT2D eigenvalue weighted by molar-refractivity contribution is -0.213. The van der Waals surface area contributed by atoms with E-state index in [9.17, 15) is 13.2 Å². The minimum absolute atomic E-state index is 0.154. The van der Waals surface area contributed by atoms with Gasteiger partial charge in [-0.05, 0) is 19.8 Å². The van der Waals surface area contributed by atoms with Crippen molar-refractivity contribution < 1.29 is 13.2 Å². The largest absolute Gasteiger partial charge is 0.393 e. The first kappa shape index (κ1) is 11.5. The Labute approximate surface area is 71.5 Å². The van der Waals surface area contributed by atoms with Gasteiger partial charge in [-0.2, -0.15) is 13.2 Å². The third-order valence-electron chi connectivity index (χ3n) is 1.94. The lowest BCUT2D eigenvalue weighted by atomic mass is 9.87. The van der Waals surface area contributed by atoms with Crippen molar-refractivity contribution in [3.8, 4) is 0 Å². The Bertz CT molecular complexity index is 154. The summed E-state index contributed by atoms with van der Waals surface area (Å²) in [5, 5.41) is 0. The second kappa shape index (κ2) is 3.97. The highest BCUT2D eigenvalue weighted by atomic mass is 19.4. The fourth-order valence-electron chi connectivity index (χ4n) is 0.753. The van der Waals surface area contributed by atoms with Crippen LogP contribution in [0.4, 0.5) is 13.2 Å². The van der Waals surface area contributed by atoms with E-state index in [4.69, 9.17) is 0 Å². The molecule has 12 heavy (non-hydrogen) atoms. The molecule has 0 spiro atoms. The van der Waals surface area contributed by atoms with Crippen molar-refractivity contribution in [2.75, 3.05) is 0 Å². The normalized spacial score (nSPS) is 14.2. The van der Waals surface area contributed by atoms with E-state index in [1.165, 1.54) is 13.8 Å². The maximum absolute atomic E-state index is 12.2. The molecule has 0 aromatic carbocycles. The predicted octanol–water partition coefficient (Wildman–Crippen LogP) is 3.93.